The molecular formula is C7H10N4. The van der Waals surface area contributed by atoms with Crippen molar-refractivity contribution in [2.75, 3.05) is 0 Å². The normalized spacial score (nSPS) is 15.0. The first-order chi connectivity index (χ1) is 5.42. The predicted molar refractivity (Wildman–Crippen MR) is 40.5 cm³/mol. The van der Waals surface area contributed by atoms with Crippen LogP contribution in [-0.4, -0.2) is 9.97 Å². The molecule has 1 aliphatic heterocycles. The van der Waals surface area contributed by atoms with E-state index in [9.17, 15) is 0 Å². The van der Waals surface area contributed by atoms with Gasteiger partial charge in [-0.05, 0) is 0 Å². The number of aromatic nitrogens is 2. The van der Waals surface area contributed by atoms with Crippen LogP contribution in [0.1, 0.15) is 17.0 Å². The summed E-state index contributed by atoms with van der Waals surface area (Å²) < 4.78 is 0. The molecule has 58 valence electrons. The third kappa shape index (κ3) is 1.00. The van der Waals surface area contributed by atoms with E-state index in [1.807, 2.05) is 0 Å². The fraction of sp³-hybridized carbons (Fsp3) is 0.429. The quantitative estimate of drug-likeness (QED) is 0.568. The molecule has 4 heteroatoms. The molecule has 11 heavy (non-hydrogen) atoms. The molecule has 0 aliphatic carbocycles. The van der Waals surface area contributed by atoms with Gasteiger partial charge in [-0.3, -0.25) is 0 Å². The van der Waals surface area contributed by atoms with Crippen LogP contribution in [0.15, 0.2) is 6.33 Å². The highest BCUT2D eigenvalue weighted by Gasteiger charge is 2.14. The highest BCUT2D eigenvalue weighted by Crippen LogP contribution is 2.14. The SMILES string of the molecule is NCc1ncnc2c1CNC2. The number of nitrogens with zero attached hydrogens (tertiary/aromatic N) is 2. The molecule has 0 radical (unpaired) electrons. The Balaban J connectivity index is 2.50. The first kappa shape index (κ1) is 6.69. The van der Waals surface area contributed by atoms with Crippen molar-refractivity contribution >= 4 is 0 Å². The number of hydrogen-bond donors (Lipinski definition) is 2. The molecule has 0 spiro atoms. The van der Waals surface area contributed by atoms with Crippen molar-refractivity contribution in [2.24, 2.45) is 5.73 Å². The van der Waals surface area contributed by atoms with E-state index in [0.717, 1.165) is 24.5 Å². The molecule has 2 rings (SSSR count). The van der Waals surface area contributed by atoms with Crippen LogP contribution in [-0.2, 0) is 19.6 Å². The van der Waals surface area contributed by atoms with E-state index in [2.05, 4.69) is 15.3 Å². The van der Waals surface area contributed by atoms with E-state index in [1.54, 1.807) is 6.33 Å². The summed E-state index contributed by atoms with van der Waals surface area (Å²) in [6, 6.07) is 0. The molecule has 3 N–H and O–H groups in total. The molecule has 0 bridgehead atoms. The van der Waals surface area contributed by atoms with Crippen LogP contribution in [0.2, 0.25) is 0 Å². The summed E-state index contributed by atoms with van der Waals surface area (Å²) >= 11 is 0. The molecule has 0 fully saturated rings. The fourth-order valence-electron chi connectivity index (χ4n) is 1.33. The second kappa shape index (κ2) is 2.56. The van der Waals surface area contributed by atoms with Gasteiger partial charge in [-0.25, -0.2) is 9.97 Å². The lowest BCUT2D eigenvalue weighted by molar-refractivity contribution is 0.755. The van der Waals surface area contributed by atoms with Crippen LogP contribution in [0.5, 0.6) is 0 Å². The molecule has 1 aromatic rings. The van der Waals surface area contributed by atoms with Gasteiger partial charge in [0, 0.05) is 25.2 Å². The highest BCUT2D eigenvalue weighted by atomic mass is 15.0. The maximum absolute atomic E-state index is 5.50. The van der Waals surface area contributed by atoms with Crippen LogP contribution in [0.3, 0.4) is 0 Å². The minimum atomic E-state index is 0.506. The Morgan fingerprint density at radius 3 is 3.18 bits per heavy atom. The molecule has 0 atom stereocenters. The summed E-state index contributed by atoms with van der Waals surface area (Å²) in [6.07, 6.45) is 1.58. The van der Waals surface area contributed by atoms with E-state index in [4.69, 9.17) is 5.73 Å². The summed E-state index contributed by atoms with van der Waals surface area (Å²) in [4.78, 5) is 8.23. The van der Waals surface area contributed by atoms with Crippen molar-refractivity contribution in [3.63, 3.8) is 0 Å². The molecule has 0 aromatic carbocycles. The lowest BCUT2D eigenvalue weighted by atomic mass is 10.2. The average Bonchev–Trinajstić information content (AvgIpc) is 2.50. The number of nitrogens with one attached hydrogen (secondary N) is 1. The molecule has 0 saturated carbocycles. The smallest absolute Gasteiger partial charge is 0.116 e. The van der Waals surface area contributed by atoms with Gasteiger partial charge in [-0.15, -0.1) is 0 Å². The van der Waals surface area contributed by atoms with Gasteiger partial charge in [-0.2, -0.15) is 0 Å². The minimum Gasteiger partial charge on any atom is -0.325 e. The number of nitrogens with two attached hydrogens (primary N) is 1. The molecule has 1 aromatic heterocycles. The zero-order valence-corrected chi connectivity index (χ0v) is 6.17. The van der Waals surface area contributed by atoms with Gasteiger partial charge < -0.3 is 11.1 Å². The maximum atomic E-state index is 5.50. The van der Waals surface area contributed by atoms with Gasteiger partial charge >= 0.3 is 0 Å². The van der Waals surface area contributed by atoms with Crippen molar-refractivity contribution < 1.29 is 0 Å². The number of hydrogen-bond acceptors (Lipinski definition) is 4. The first-order valence-electron chi connectivity index (χ1n) is 3.64. The average molecular weight is 150 g/mol. The third-order valence-electron chi connectivity index (χ3n) is 1.91. The van der Waals surface area contributed by atoms with E-state index in [-0.39, 0.29) is 0 Å². The molecular weight excluding hydrogens is 140 g/mol. The molecule has 2 heterocycles. The first-order valence-corrected chi connectivity index (χ1v) is 3.64. The van der Waals surface area contributed by atoms with Gasteiger partial charge in [0.05, 0.1) is 11.4 Å². The van der Waals surface area contributed by atoms with E-state index >= 15 is 0 Å². The van der Waals surface area contributed by atoms with Crippen molar-refractivity contribution in [3.8, 4) is 0 Å². The maximum Gasteiger partial charge on any atom is 0.116 e. The van der Waals surface area contributed by atoms with Crippen molar-refractivity contribution in [1.82, 2.24) is 15.3 Å². The van der Waals surface area contributed by atoms with Gasteiger partial charge in [0.1, 0.15) is 6.33 Å². The Morgan fingerprint density at radius 2 is 2.36 bits per heavy atom. The molecule has 0 unspecified atom stereocenters. The van der Waals surface area contributed by atoms with E-state index in [0.29, 0.717) is 6.54 Å². The summed E-state index contributed by atoms with van der Waals surface area (Å²) in [5.41, 5.74) is 8.76. The fourth-order valence-corrected chi connectivity index (χ4v) is 1.33. The monoisotopic (exact) mass is 150 g/mol. The standard InChI is InChI=1S/C7H10N4/c8-1-6-5-2-9-3-7(5)11-4-10-6/h4,9H,1-3,8H2. The summed E-state index contributed by atoms with van der Waals surface area (Å²) in [5, 5.41) is 3.20. The molecule has 4 nitrogen and oxygen atoms in total. The second-order valence-electron chi connectivity index (χ2n) is 2.55. The van der Waals surface area contributed by atoms with Gasteiger partial charge in [0.15, 0.2) is 0 Å². The molecule has 0 saturated heterocycles. The van der Waals surface area contributed by atoms with Crippen molar-refractivity contribution in [3.05, 3.63) is 23.3 Å². The Hall–Kier alpha value is -1.00. The summed E-state index contributed by atoms with van der Waals surface area (Å²) in [5.74, 6) is 0. The lowest BCUT2D eigenvalue weighted by Crippen LogP contribution is -2.06. The van der Waals surface area contributed by atoms with Crippen LogP contribution < -0.4 is 11.1 Å². The molecule has 0 amide bonds. The van der Waals surface area contributed by atoms with E-state index in [1.165, 1.54) is 5.56 Å². The second-order valence-corrected chi connectivity index (χ2v) is 2.55. The zero-order chi connectivity index (χ0) is 7.68. The van der Waals surface area contributed by atoms with Crippen molar-refractivity contribution in [1.29, 1.82) is 0 Å². The summed E-state index contributed by atoms with van der Waals surface area (Å²) in [7, 11) is 0. The lowest BCUT2D eigenvalue weighted by Gasteiger charge is -2.00. The van der Waals surface area contributed by atoms with Crippen LogP contribution in [0.4, 0.5) is 0 Å². The Bertz CT molecular complexity index is 271. The predicted octanol–water partition coefficient (Wildman–Crippen LogP) is -0.462. The van der Waals surface area contributed by atoms with E-state index < -0.39 is 0 Å². The largest absolute Gasteiger partial charge is 0.325 e. The van der Waals surface area contributed by atoms with Crippen LogP contribution in [0.25, 0.3) is 0 Å². The van der Waals surface area contributed by atoms with Gasteiger partial charge in [0.2, 0.25) is 0 Å². The van der Waals surface area contributed by atoms with Gasteiger partial charge in [-0.1, -0.05) is 0 Å². The highest BCUT2D eigenvalue weighted by molar-refractivity contribution is 5.27. The van der Waals surface area contributed by atoms with Crippen LogP contribution >= 0.6 is 0 Å². The van der Waals surface area contributed by atoms with Crippen molar-refractivity contribution in [2.45, 2.75) is 19.6 Å². The molecule has 1 aliphatic rings. The Morgan fingerprint density at radius 1 is 1.45 bits per heavy atom. The Labute approximate surface area is 64.8 Å². The topological polar surface area (TPSA) is 63.8 Å². The minimum absolute atomic E-state index is 0.506. The number of fused-ring (bicyclic) bond motifs is 1. The Kier molecular flexibility index (Phi) is 1.56. The van der Waals surface area contributed by atoms with Gasteiger partial charge in [0.25, 0.3) is 0 Å². The number of rotatable bonds is 1. The summed E-state index contributed by atoms with van der Waals surface area (Å²) in [6.45, 7) is 2.22. The third-order valence-corrected chi connectivity index (χ3v) is 1.91. The van der Waals surface area contributed by atoms with Crippen LogP contribution in [0, 0.1) is 0 Å². The zero-order valence-electron chi connectivity index (χ0n) is 6.17.